The topological polar surface area (TPSA) is 91.2 Å². The lowest BCUT2D eigenvalue weighted by Gasteiger charge is -2.17. The predicted molar refractivity (Wildman–Crippen MR) is 66.9 cm³/mol. The number of nitroso groups, excluding NO2 is 1. The van der Waals surface area contributed by atoms with Crippen LogP contribution in [0.15, 0.2) is 23.5 Å². The molecule has 0 amide bonds. The summed E-state index contributed by atoms with van der Waals surface area (Å²) in [5.41, 5.74) is 4.26. The molecule has 1 aromatic carbocycles. The Bertz CT molecular complexity index is 441. The van der Waals surface area contributed by atoms with Crippen LogP contribution in [-0.4, -0.2) is 29.7 Å². The van der Waals surface area contributed by atoms with Crippen LogP contribution in [0.5, 0.6) is 5.75 Å². The van der Waals surface area contributed by atoms with Crippen molar-refractivity contribution in [2.75, 3.05) is 6.61 Å². The van der Waals surface area contributed by atoms with Crippen molar-refractivity contribution in [3.8, 4) is 5.75 Å². The van der Waals surface area contributed by atoms with Crippen LogP contribution in [0, 0.1) is 11.8 Å². The van der Waals surface area contributed by atoms with E-state index in [1.165, 1.54) is 0 Å². The third-order valence-electron chi connectivity index (χ3n) is 3.23. The van der Waals surface area contributed by atoms with E-state index in [9.17, 15) is 4.91 Å². The molecule has 0 aromatic heterocycles. The minimum atomic E-state index is -1.63. The Hall–Kier alpha value is -1.60. The molecule has 1 heterocycles. The van der Waals surface area contributed by atoms with Gasteiger partial charge in [0, 0.05) is 16.8 Å². The zero-order chi connectivity index (χ0) is 13.1. The van der Waals surface area contributed by atoms with Gasteiger partial charge >= 0.3 is 7.12 Å². The lowest BCUT2D eigenvalue weighted by Crippen LogP contribution is -2.42. The van der Waals surface area contributed by atoms with Gasteiger partial charge in [-0.1, -0.05) is 18.2 Å². The molecule has 0 bridgehead atoms. The summed E-state index contributed by atoms with van der Waals surface area (Å²) in [6, 6.07) is 5.85. The van der Waals surface area contributed by atoms with Crippen molar-refractivity contribution in [2.45, 2.75) is 25.2 Å². The maximum Gasteiger partial charge on any atom is 0.477 e. The zero-order valence-electron chi connectivity index (χ0n) is 10.0. The van der Waals surface area contributed by atoms with Crippen LogP contribution in [0.2, 0.25) is 0 Å². The average Bonchev–Trinajstić information content (AvgIpc) is 2.73. The summed E-state index contributed by atoms with van der Waals surface area (Å²) in [7, 11) is -1.63. The van der Waals surface area contributed by atoms with E-state index in [-0.39, 0.29) is 5.92 Å². The molecule has 6 nitrogen and oxygen atoms in total. The summed E-state index contributed by atoms with van der Waals surface area (Å²) in [4.78, 5) is 10.2. The van der Waals surface area contributed by atoms with Crippen molar-refractivity contribution in [1.29, 1.82) is 0 Å². The summed E-state index contributed by atoms with van der Waals surface area (Å²) >= 11 is 0. The number of para-hydroxylation sites is 1. The Labute approximate surface area is 105 Å². The average molecular weight is 250 g/mol. The Balaban J connectivity index is 2.13. The van der Waals surface area contributed by atoms with Crippen molar-refractivity contribution >= 4 is 7.12 Å². The number of benzene rings is 1. The largest absolute Gasteiger partial charge is 0.492 e. The van der Waals surface area contributed by atoms with Gasteiger partial charge < -0.3 is 14.8 Å². The monoisotopic (exact) mass is 250 g/mol. The normalized spacial score (nSPS) is 18.7. The molecule has 1 aliphatic heterocycles. The molecule has 0 unspecified atom stereocenters. The fourth-order valence-corrected chi connectivity index (χ4v) is 2.28. The fourth-order valence-electron chi connectivity index (χ4n) is 2.28. The number of fused-ring (bicyclic) bond motifs is 1. The van der Waals surface area contributed by atoms with Crippen LogP contribution in [0.1, 0.15) is 23.5 Å². The van der Waals surface area contributed by atoms with E-state index in [1.807, 2.05) is 25.1 Å². The Morgan fingerprint density at radius 1 is 1.61 bits per heavy atom. The maximum atomic E-state index is 10.2. The Morgan fingerprint density at radius 3 is 3.06 bits per heavy atom. The molecule has 18 heavy (non-hydrogen) atoms. The van der Waals surface area contributed by atoms with E-state index >= 15 is 0 Å². The van der Waals surface area contributed by atoms with Gasteiger partial charge in [0.1, 0.15) is 5.75 Å². The third-order valence-corrected chi connectivity index (χ3v) is 3.23. The van der Waals surface area contributed by atoms with Gasteiger partial charge in [0.05, 0.1) is 12.5 Å². The molecule has 0 aliphatic carbocycles. The number of hydrogen-bond acceptors (Lipinski definition) is 5. The van der Waals surface area contributed by atoms with E-state index in [4.69, 9.17) is 14.8 Å². The molecular weight excluding hydrogens is 235 g/mol. The van der Waals surface area contributed by atoms with Gasteiger partial charge in [-0.3, -0.25) is 5.43 Å². The molecule has 2 atom stereocenters. The minimum absolute atomic E-state index is 0.0287. The van der Waals surface area contributed by atoms with Gasteiger partial charge in [-0.25, -0.2) is 0 Å². The second-order valence-electron chi connectivity index (χ2n) is 4.48. The quantitative estimate of drug-likeness (QED) is 0.402. The highest BCUT2D eigenvalue weighted by Gasteiger charge is 2.32. The molecule has 0 saturated carbocycles. The Kier molecular flexibility index (Phi) is 3.83. The van der Waals surface area contributed by atoms with Gasteiger partial charge in [-0.15, -0.1) is 4.91 Å². The molecular formula is C11H15BN2O4. The summed E-state index contributed by atoms with van der Waals surface area (Å²) in [6.45, 7) is 2.44. The summed E-state index contributed by atoms with van der Waals surface area (Å²) in [6.07, 6.45) is 0.375. The SMILES string of the molecule is Cc1cccc2c1OC[C@H]2C[C@H](NN=O)B(O)O. The molecule has 0 spiro atoms. The first kappa shape index (κ1) is 12.9. The molecule has 0 radical (unpaired) electrons. The molecule has 7 heteroatoms. The highest BCUT2D eigenvalue weighted by Crippen LogP contribution is 2.38. The van der Waals surface area contributed by atoms with Crippen molar-refractivity contribution in [3.63, 3.8) is 0 Å². The standard InChI is InChI=1S/C11H15BN2O4/c1-7-3-2-4-9-8(6-18-11(7)9)5-10(12(15)16)13-14-17/h2-4,8,10,15-16H,5-6H2,1H3,(H,13,17)/t8-,10+/m1/s1. The van der Waals surface area contributed by atoms with E-state index in [1.54, 1.807) is 0 Å². The zero-order valence-corrected chi connectivity index (χ0v) is 10.0. The molecule has 3 N–H and O–H groups in total. The molecule has 96 valence electrons. The van der Waals surface area contributed by atoms with E-state index in [0.29, 0.717) is 13.0 Å². The summed E-state index contributed by atoms with van der Waals surface area (Å²) in [5.74, 6) is 0.0938. The van der Waals surface area contributed by atoms with E-state index in [2.05, 4.69) is 10.7 Å². The van der Waals surface area contributed by atoms with Gasteiger partial charge in [-0.05, 0) is 18.9 Å². The molecule has 0 fully saturated rings. The number of aryl methyl sites for hydroxylation is 1. The number of nitrogens with zero attached hydrogens (tertiary/aromatic N) is 1. The molecule has 1 aliphatic rings. The number of rotatable bonds is 5. The van der Waals surface area contributed by atoms with Crippen molar-refractivity contribution in [3.05, 3.63) is 34.2 Å². The second kappa shape index (κ2) is 5.37. The molecule has 0 saturated heterocycles. The molecule has 1 aromatic rings. The van der Waals surface area contributed by atoms with Crippen molar-refractivity contribution < 1.29 is 14.8 Å². The number of nitrogens with one attached hydrogen (secondary N) is 1. The van der Waals surface area contributed by atoms with E-state index < -0.39 is 13.1 Å². The lowest BCUT2D eigenvalue weighted by atomic mass is 9.74. The lowest BCUT2D eigenvalue weighted by molar-refractivity contribution is 0.306. The van der Waals surface area contributed by atoms with Crippen LogP contribution in [0.4, 0.5) is 0 Å². The smallest absolute Gasteiger partial charge is 0.477 e. The first-order chi connectivity index (χ1) is 8.63. The molecule has 2 rings (SSSR count). The Morgan fingerprint density at radius 2 is 2.39 bits per heavy atom. The van der Waals surface area contributed by atoms with Gasteiger partial charge in [-0.2, -0.15) is 0 Å². The van der Waals surface area contributed by atoms with Crippen LogP contribution in [-0.2, 0) is 0 Å². The van der Waals surface area contributed by atoms with Gasteiger partial charge in [0.15, 0.2) is 0 Å². The van der Waals surface area contributed by atoms with Gasteiger partial charge in [0.25, 0.3) is 0 Å². The van der Waals surface area contributed by atoms with E-state index in [0.717, 1.165) is 16.9 Å². The van der Waals surface area contributed by atoms with Crippen molar-refractivity contribution in [2.24, 2.45) is 5.29 Å². The number of ether oxygens (including phenoxy) is 1. The van der Waals surface area contributed by atoms with Gasteiger partial charge in [0.2, 0.25) is 0 Å². The first-order valence-corrected chi connectivity index (χ1v) is 5.79. The first-order valence-electron chi connectivity index (χ1n) is 5.79. The fraction of sp³-hybridized carbons (Fsp3) is 0.455. The summed E-state index contributed by atoms with van der Waals surface area (Å²) in [5, 5.41) is 20.8. The highest BCUT2D eigenvalue weighted by atomic mass is 16.5. The number of hydrogen-bond donors (Lipinski definition) is 3. The minimum Gasteiger partial charge on any atom is -0.492 e. The predicted octanol–water partition coefficient (Wildman–Crippen LogP) is 0.513. The maximum absolute atomic E-state index is 10.2. The third kappa shape index (κ3) is 2.47. The highest BCUT2D eigenvalue weighted by molar-refractivity contribution is 6.43. The van der Waals surface area contributed by atoms with Crippen LogP contribution >= 0.6 is 0 Å². The second-order valence-corrected chi connectivity index (χ2v) is 4.48. The summed E-state index contributed by atoms with van der Waals surface area (Å²) < 4.78 is 5.60. The van der Waals surface area contributed by atoms with Crippen LogP contribution < -0.4 is 10.2 Å². The van der Waals surface area contributed by atoms with Crippen molar-refractivity contribution in [1.82, 2.24) is 5.43 Å². The van der Waals surface area contributed by atoms with Crippen LogP contribution in [0.3, 0.4) is 0 Å². The van der Waals surface area contributed by atoms with Crippen LogP contribution in [0.25, 0.3) is 0 Å².